The van der Waals surface area contributed by atoms with Crippen molar-refractivity contribution in [2.24, 2.45) is 5.41 Å². The second-order valence-electron chi connectivity index (χ2n) is 4.65. The standard InChI is InChI=1S/C11H21NO4/c1-5-16-7-6-8(13)12-9(10(14)15)11(2,3)4/h9H,5-7H2,1-4H3,(H,12,13)(H,14,15)/t9-/m0/s1. The largest absolute Gasteiger partial charge is 0.480 e. The average molecular weight is 231 g/mol. The molecule has 0 heterocycles. The monoisotopic (exact) mass is 231 g/mol. The third-order valence-corrected chi connectivity index (χ3v) is 2.10. The van der Waals surface area contributed by atoms with E-state index in [1.165, 1.54) is 0 Å². The van der Waals surface area contributed by atoms with Crippen molar-refractivity contribution in [2.75, 3.05) is 13.2 Å². The number of carboxylic acid groups (broad SMARTS) is 1. The predicted octanol–water partition coefficient (Wildman–Crippen LogP) is 1.03. The molecule has 0 radical (unpaired) electrons. The van der Waals surface area contributed by atoms with Gasteiger partial charge in [0.2, 0.25) is 5.91 Å². The van der Waals surface area contributed by atoms with E-state index < -0.39 is 17.4 Å². The Balaban J connectivity index is 4.21. The fourth-order valence-corrected chi connectivity index (χ4v) is 1.19. The number of carbonyl (C=O) groups is 2. The Morgan fingerprint density at radius 2 is 1.94 bits per heavy atom. The van der Waals surface area contributed by atoms with E-state index in [4.69, 9.17) is 9.84 Å². The van der Waals surface area contributed by atoms with Crippen LogP contribution < -0.4 is 5.32 Å². The van der Waals surface area contributed by atoms with E-state index in [-0.39, 0.29) is 12.3 Å². The number of ether oxygens (including phenoxy) is 1. The molecule has 0 aliphatic heterocycles. The average Bonchev–Trinajstić information content (AvgIpc) is 2.12. The number of hydrogen-bond donors (Lipinski definition) is 2. The zero-order valence-electron chi connectivity index (χ0n) is 10.4. The molecular weight excluding hydrogens is 210 g/mol. The molecule has 1 atom stereocenters. The van der Waals surface area contributed by atoms with Crippen LogP contribution in [-0.4, -0.2) is 36.2 Å². The molecule has 0 saturated heterocycles. The van der Waals surface area contributed by atoms with E-state index in [0.29, 0.717) is 13.2 Å². The van der Waals surface area contributed by atoms with Gasteiger partial charge in [0.25, 0.3) is 0 Å². The third kappa shape index (κ3) is 5.70. The molecule has 94 valence electrons. The first-order valence-corrected chi connectivity index (χ1v) is 5.39. The van der Waals surface area contributed by atoms with E-state index in [2.05, 4.69) is 5.32 Å². The summed E-state index contributed by atoms with van der Waals surface area (Å²) < 4.78 is 5.02. The van der Waals surface area contributed by atoms with Crippen LogP contribution in [-0.2, 0) is 14.3 Å². The van der Waals surface area contributed by atoms with E-state index in [0.717, 1.165) is 0 Å². The molecule has 1 amide bonds. The SMILES string of the molecule is CCOCCC(=O)N[C@@H](C(=O)O)C(C)(C)C. The molecule has 0 aromatic rings. The lowest BCUT2D eigenvalue weighted by Crippen LogP contribution is -2.49. The van der Waals surface area contributed by atoms with E-state index in [9.17, 15) is 9.59 Å². The molecule has 0 bridgehead atoms. The van der Waals surface area contributed by atoms with Gasteiger partial charge >= 0.3 is 5.97 Å². The van der Waals surface area contributed by atoms with Crippen molar-refractivity contribution in [2.45, 2.75) is 40.2 Å². The van der Waals surface area contributed by atoms with Crippen LogP contribution in [0.25, 0.3) is 0 Å². The van der Waals surface area contributed by atoms with Crippen LogP contribution in [0.5, 0.6) is 0 Å². The molecule has 0 aliphatic carbocycles. The molecule has 0 unspecified atom stereocenters. The van der Waals surface area contributed by atoms with Crippen LogP contribution in [0.1, 0.15) is 34.1 Å². The molecule has 0 fully saturated rings. The van der Waals surface area contributed by atoms with Crippen molar-refractivity contribution in [3.05, 3.63) is 0 Å². The van der Waals surface area contributed by atoms with E-state index in [1.54, 1.807) is 20.8 Å². The van der Waals surface area contributed by atoms with Crippen molar-refractivity contribution in [3.8, 4) is 0 Å². The number of carbonyl (C=O) groups excluding carboxylic acids is 1. The maximum Gasteiger partial charge on any atom is 0.326 e. The molecule has 0 aromatic carbocycles. The summed E-state index contributed by atoms with van der Waals surface area (Å²) in [6.45, 7) is 8.03. The zero-order chi connectivity index (χ0) is 12.8. The minimum Gasteiger partial charge on any atom is -0.480 e. The van der Waals surface area contributed by atoms with Crippen molar-refractivity contribution < 1.29 is 19.4 Å². The molecule has 0 aliphatic rings. The van der Waals surface area contributed by atoms with Crippen molar-refractivity contribution in [1.29, 1.82) is 0 Å². The van der Waals surface area contributed by atoms with E-state index >= 15 is 0 Å². The van der Waals surface area contributed by atoms with Gasteiger partial charge < -0.3 is 15.2 Å². The van der Waals surface area contributed by atoms with Gasteiger partial charge in [0.1, 0.15) is 6.04 Å². The summed E-state index contributed by atoms with van der Waals surface area (Å²) >= 11 is 0. The smallest absolute Gasteiger partial charge is 0.326 e. The molecule has 0 rings (SSSR count). The number of carboxylic acids is 1. The minimum absolute atomic E-state index is 0.188. The summed E-state index contributed by atoms with van der Waals surface area (Å²) in [6, 6.07) is -0.873. The molecule has 16 heavy (non-hydrogen) atoms. The van der Waals surface area contributed by atoms with Crippen LogP contribution >= 0.6 is 0 Å². The van der Waals surface area contributed by atoms with Crippen molar-refractivity contribution in [1.82, 2.24) is 5.32 Å². The van der Waals surface area contributed by atoms with Gasteiger partial charge in [0.15, 0.2) is 0 Å². The minimum atomic E-state index is -1.02. The van der Waals surface area contributed by atoms with E-state index in [1.807, 2.05) is 6.92 Å². The van der Waals surface area contributed by atoms with Crippen LogP contribution in [0.15, 0.2) is 0 Å². The molecule has 5 heteroatoms. The second kappa shape index (κ2) is 6.48. The fourth-order valence-electron chi connectivity index (χ4n) is 1.19. The maximum atomic E-state index is 11.4. The lowest BCUT2D eigenvalue weighted by molar-refractivity contribution is -0.145. The number of aliphatic carboxylic acids is 1. The fraction of sp³-hybridized carbons (Fsp3) is 0.818. The van der Waals surface area contributed by atoms with Crippen LogP contribution in [0.2, 0.25) is 0 Å². The summed E-state index contributed by atoms with van der Waals surface area (Å²) in [5, 5.41) is 11.5. The Bertz CT molecular complexity index is 245. The van der Waals surface area contributed by atoms with Gasteiger partial charge in [-0.25, -0.2) is 4.79 Å². The van der Waals surface area contributed by atoms with Gasteiger partial charge in [-0.3, -0.25) is 4.79 Å². The summed E-state index contributed by atoms with van der Waals surface area (Å²) in [6.07, 6.45) is 0.188. The van der Waals surface area contributed by atoms with Crippen molar-refractivity contribution in [3.63, 3.8) is 0 Å². The van der Waals surface area contributed by atoms with Crippen molar-refractivity contribution >= 4 is 11.9 Å². The maximum absolute atomic E-state index is 11.4. The molecule has 2 N–H and O–H groups in total. The summed E-state index contributed by atoms with van der Waals surface area (Å²) in [5.41, 5.74) is -0.507. The molecule has 0 saturated carbocycles. The second-order valence-corrected chi connectivity index (χ2v) is 4.65. The van der Waals surface area contributed by atoms with Crippen LogP contribution in [0, 0.1) is 5.41 Å². The number of amides is 1. The summed E-state index contributed by atoms with van der Waals surface area (Å²) in [7, 11) is 0. The number of nitrogens with one attached hydrogen (secondary N) is 1. The molecule has 5 nitrogen and oxygen atoms in total. The van der Waals surface area contributed by atoms with Gasteiger partial charge in [-0.15, -0.1) is 0 Å². The van der Waals surface area contributed by atoms with Gasteiger partial charge in [-0.1, -0.05) is 20.8 Å². The highest BCUT2D eigenvalue weighted by molar-refractivity contribution is 5.84. The Hall–Kier alpha value is -1.10. The summed E-state index contributed by atoms with van der Waals surface area (Å²) in [4.78, 5) is 22.4. The number of hydrogen-bond acceptors (Lipinski definition) is 3. The van der Waals surface area contributed by atoms with Gasteiger partial charge in [-0.05, 0) is 12.3 Å². The summed E-state index contributed by atoms with van der Waals surface area (Å²) in [5.74, 6) is -1.31. The molecule has 0 aromatic heterocycles. The highest BCUT2D eigenvalue weighted by Gasteiger charge is 2.32. The lowest BCUT2D eigenvalue weighted by atomic mass is 9.86. The van der Waals surface area contributed by atoms with Gasteiger partial charge in [0.05, 0.1) is 6.61 Å². The highest BCUT2D eigenvalue weighted by atomic mass is 16.5. The van der Waals surface area contributed by atoms with Crippen LogP contribution in [0.3, 0.4) is 0 Å². The Kier molecular flexibility index (Phi) is 6.03. The molecule has 0 spiro atoms. The first-order chi connectivity index (χ1) is 7.29. The van der Waals surface area contributed by atoms with Crippen LogP contribution in [0.4, 0.5) is 0 Å². The Morgan fingerprint density at radius 3 is 2.31 bits per heavy atom. The molecular formula is C11H21NO4. The van der Waals surface area contributed by atoms with Gasteiger partial charge in [-0.2, -0.15) is 0 Å². The number of rotatable bonds is 6. The predicted molar refractivity (Wildman–Crippen MR) is 60.1 cm³/mol. The third-order valence-electron chi connectivity index (χ3n) is 2.10. The normalized spacial score (nSPS) is 13.2. The first kappa shape index (κ1) is 14.9. The Morgan fingerprint density at radius 1 is 1.38 bits per heavy atom. The zero-order valence-corrected chi connectivity index (χ0v) is 10.4. The lowest BCUT2D eigenvalue weighted by Gasteiger charge is -2.27. The topological polar surface area (TPSA) is 75.6 Å². The first-order valence-electron chi connectivity index (χ1n) is 5.39. The Labute approximate surface area is 96.2 Å². The van der Waals surface area contributed by atoms with Gasteiger partial charge in [0, 0.05) is 13.0 Å². The quantitative estimate of drug-likeness (QED) is 0.669. The highest BCUT2D eigenvalue weighted by Crippen LogP contribution is 2.19.